The van der Waals surface area contributed by atoms with Crippen LogP contribution in [0.15, 0.2) is 28.2 Å². The number of hydrogen-bond donors (Lipinski definition) is 1. The van der Waals surface area contributed by atoms with Gasteiger partial charge in [0.25, 0.3) is 0 Å². The van der Waals surface area contributed by atoms with Gasteiger partial charge in [-0.25, -0.2) is 0 Å². The van der Waals surface area contributed by atoms with Gasteiger partial charge in [0.15, 0.2) is 0 Å². The average molecular weight is 284 g/mol. The van der Waals surface area contributed by atoms with E-state index in [2.05, 4.69) is 38.3 Å². The summed E-state index contributed by atoms with van der Waals surface area (Å²) in [6.07, 6.45) is 4.57. The largest absolute Gasteiger partial charge is 0.461 e. The number of furan rings is 1. The highest BCUT2D eigenvalue weighted by Gasteiger charge is 2.16. The van der Waals surface area contributed by atoms with Gasteiger partial charge in [-0.1, -0.05) is 23.6 Å². The number of rotatable bonds is 1. The number of aryl methyl sites for hydroxylation is 1. The van der Waals surface area contributed by atoms with E-state index < -0.39 is 6.10 Å². The number of aliphatic hydroxyl groups excluding tert-OH is 1. The van der Waals surface area contributed by atoms with Crippen molar-refractivity contribution in [2.24, 2.45) is 5.92 Å². The van der Waals surface area contributed by atoms with Crippen molar-refractivity contribution in [1.82, 2.24) is 0 Å². The molecule has 2 nitrogen and oxygen atoms in total. The molecule has 1 aliphatic rings. The molecular weight excluding hydrogens is 260 g/mol. The fourth-order valence-electron chi connectivity index (χ4n) is 2.66. The van der Waals surface area contributed by atoms with Crippen LogP contribution < -0.4 is 0 Å². The first-order valence-electron chi connectivity index (χ1n) is 7.54. The van der Waals surface area contributed by atoms with E-state index in [1.807, 2.05) is 13.0 Å². The molecule has 0 saturated heterocycles. The monoisotopic (exact) mass is 284 g/mol. The van der Waals surface area contributed by atoms with Gasteiger partial charge in [-0.3, -0.25) is 0 Å². The van der Waals surface area contributed by atoms with Crippen LogP contribution in [0.25, 0.3) is 6.08 Å². The highest BCUT2D eigenvalue weighted by Crippen LogP contribution is 2.26. The highest BCUT2D eigenvalue weighted by molar-refractivity contribution is 5.49. The minimum absolute atomic E-state index is 0.375. The van der Waals surface area contributed by atoms with Crippen molar-refractivity contribution in [2.45, 2.75) is 52.6 Å². The van der Waals surface area contributed by atoms with Crippen molar-refractivity contribution in [3.8, 4) is 11.8 Å². The second-order valence-corrected chi connectivity index (χ2v) is 6.07. The number of aliphatic hydroxyl groups is 1. The Balaban J connectivity index is 2.34. The summed E-state index contributed by atoms with van der Waals surface area (Å²) in [5.41, 5.74) is 3.42. The molecule has 1 N–H and O–H groups in total. The lowest BCUT2D eigenvalue weighted by atomic mass is 9.91. The van der Waals surface area contributed by atoms with Gasteiger partial charge in [0, 0.05) is 19.3 Å². The van der Waals surface area contributed by atoms with E-state index in [0.29, 0.717) is 12.3 Å². The molecule has 0 fully saturated rings. The maximum atomic E-state index is 9.93. The first-order chi connectivity index (χ1) is 9.95. The molecule has 0 unspecified atom stereocenters. The Hall–Kier alpha value is -1.72. The minimum Gasteiger partial charge on any atom is -0.461 e. The van der Waals surface area contributed by atoms with E-state index in [1.54, 1.807) is 0 Å². The molecule has 1 aromatic heterocycles. The summed E-state index contributed by atoms with van der Waals surface area (Å²) in [5, 5.41) is 9.93. The normalized spacial score (nSPS) is 25.4. The Morgan fingerprint density at radius 3 is 2.86 bits per heavy atom. The van der Waals surface area contributed by atoms with Crippen LogP contribution in [-0.2, 0) is 6.42 Å². The van der Waals surface area contributed by atoms with Crippen molar-refractivity contribution in [3.63, 3.8) is 0 Å². The maximum Gasteiger partial charge on any atom is 0.127 e. The Morgan fingerprint density at radius 2 is 2.14 bits per heavy atom. The molecule has 0 radical (unpaired) electrons. The van der Waals surface area contributed by atoms with E-state index in [0.717, 1.165) is 41.9 Å². The predicted octanol–water partition coefficient (Wildman–Crippen LogP) is 4.27. The molecule has 21 heavy (non-hydrogen) atoms. The lowest BCUT2D eigenvalue weighted by molar-refractivity contribution is 0.233. The number of hydrogen-bond acceptors (Lipinski definition) is 2. The third-order valence-electron chi connectivity index (χ3n) is 3.96. The second kappa shape index (κ2) is 6.83. The number of allylic oxidation sites excluding steroid dienone is 1. The first kappa shape index (κ1) is 15.7. The summed E-state index contributed by atoms with van der Waals surface area (Å²) in [7, 11) is 0. The average Bonchev–Trinajstić information content (AvgIpc) is 2.72. The van der Waals surface area contributed by atoms with Crippen LogP contribution in [0.3, 0.4) is 0 Å². The van der Waals surface area contributed by atoms with Crippen LogP contribution in [0, 0.1) is 24.7 Å². The Labute approximate surface area is 127 Å². The van der Waals surface area contributed by atoms with Crippen molar-refractivity contribution in [1.29, 1.82) is 0 Å². The molecule has 0 spiro atoms. The van der Waals surface area contributed by atoms with Gasteiger partial charge >= 0.3 is 0 Å². The highest BCUT2D eigenvalue weighted by atomic mass is 16.3. The summed E-state index contributed by atoms with van der Waals surface area (Å²) < 4.78 is 5.97. The topological polar surface area (TPSA) is 33.4 Å². The minimum atomic E-state index is -0.596. The van der Waals surface area contributed by atoms with Crippen molar-refractivity contribution in [3.05, 3.63) is 40.9 Å². The van der Waals surface area contributed by atoms with Gasteiger partial charge < -0.3 is 9.52 Å². The molecule has 112 valence electrons. The summed E-state index contributed by atoms with van der Waals surface area (Å²) in [6, 6.07) is 2.07. The predicted molar refractivity (Wildman–Crippen MR) is 86.7 cm³/mol. The van der Waals surface area contributed by atoms with Gasteiger partial charge in [-0.05, 0) is 50.8 Å². The molecule has 2 heteroatoms. The van der Waals surface area contributed by atoms with Crippen molar-refractivity contribution in [2.75, 3.05) is 0 Å². The van der Waals surface area contributed by atoms with Crippen molar-refractivity contribution >= 4 is 6.08 Å². The molecule has 0 aliphatic carbocycles. The van der Waals surface area contributed by atoms with Crippen molar-refractivity contribution < 1.29 is 9.52 Å². The SMILES string of the molecule is C=C(C)[C@H]1CCC#C[C@H](O)C/C(C)=C\c2cc(C)c(o2)C1. The Bertz CT molecular complexity index is 607. The maximum absolute atomic E-state index is 9.93. The summed E-state index contributed by atoms with van der Waals surface area (Å²) >= 11 is 0. The molecule has 0 saturated carbocycles. The molecule has 0 amide bonds. The molecule has 2 atom stereocenters. The molecule has 1 aliphatic heterocycles. The van der Waals surface area contributed by atoms with E-state index >= 15 is 0 Å². The fourth-order valence-corrected chi connectivity index (χ4v) is 2.66. The zero-order valence-corrected chi connectivity index (χ0v) is 13.2. The standard InChI is InChI=1S/C19H24O2/c1-13(2)16-7-5-6-8-17(20)9-14(3)10-18-11-15(4)19(12-16)21-18/h10-11,16-17,20H,1,5,7,9,12H2,2-4H3/b14-10-/t16-,17-/m0/s1. The van der Waals surface area contributed by atoms with Crippen LogP contribution in [-0.4, -0.2) is 11.2 Å². The van der Waals surface area contributed by atoms with Crippen LogP contribution in [0.5, 0.6) is 0 Å². The summed E-state index contributed by atoms with van der Waals surface area (Å²) in [5.74, 6) is 8.29. The van der Waals surface area contributed by atoms with E-state index in [9.17, 15) is 5.11 Å². The third kappa shape index (κ3) is 4.37. The quantitative estimate of drug-likeness (QED) is 0.617. The molecule has 2 rings (SSSR count). The summed E-state index contributed by atoms with van der Waals surface area (Å²) in [4.78, 5) is 0. The molecule has 0 aromatic carbocycles. The zero-order chi connectivity index (χ0) is 15.4. The third-order valence-corrected chi connectivity index (χ3v) is 3.96. The fraction of sp³-hybridized carbons (Fsp3) is 0.474. The van der Waals surface area contributed by atoms with Gasteiger partial charge in [-0.15, -0.1) is 5.92 Å². The molecule has 2 bridgehead atoms. The van der Waals surface area contributed by atoms with Crippen LogP contribution in [0.4, 0.5) is 0 Å². The summed E-state index contributed by atoms with van der Waals surface area (Å²) in [6.45, 7) is 10.2. The van der Waals surface area contributed by atoms with E-state index in [4.69, 9.17) is 4.42 Å². The Kier molecular flexibility index (Phi) is 5.09. The first-order valence-corrected chi connectivity index (χ1v) is 7.54. The van der Waals surface area contributed by atoms with E-state index in [-0.39, 0.29) is 0 Å². The van der Waals surface area contributed by atoms with Gasteiger partial charge in [0.05, 0.1) is 0 Å². The van der Waals surface area contributed by atoms with Crippen LogP contribution in [0.2, 0.25) is 0 Å². The second-order valence-electron chi connectivity index (χ2n) is 6.07. The van der Waals surface area contributed by atoms with Gasteiger partial charge in [0.1, 0.15) is 17.6 Å². The molecule has 2 heterocycles. The molecular formula is C19H24O2. The van der Waals surface area contributed by atoms with Crippen LogP contribution >= 0.6 is 0 Å². The number of fused-ring (bicyclic) bond motifs is 2. The Morgan fingerprint density at radius 1 is 1.38 bits per heavy atom. The lowest BCUT2D eigenvalue weighted by Crippen LogP contribution is -2.06. The lowest BCUT2D eigenvalue weighted by Gasteiger charge is -2.14. The zero-order valence-electron chi connectivity index (χ0n) is 13.2. The van der Waals surface area contributed by atoms with Crippen LogP contribution in [0.1, 0.15) is 50.2 Å². The molecule has 1 aromatic rings. The smallest absolute Gasteiger partial charge is 0.127 e. The van der Waals surface area contributed by atoms with Gasteiger partial charge in [0.2, 0.25) is 0 Å². The van der Waals surface area contributed by atoms with E-state index in [1.165, 1.54) is 5.56 Å². The van der Waals surface area contributed by atoms with Gasteiger partial charge in [-0.2, -0.15) is 0 Å².